The number of benzene rings is 1. The first-order valence-electron chi connectivity index (χ1n) is 5.75. The molecule has 3 heteroatoms. The van der Waals surface area contributed by atoms with Gasteiger partial charge in [0.1, 0.15) is 0 Å². The largest absolute Gasteiger partial charge is 0.478 e. The van der Waals surface area contributed by atoms with Crippen molar-refractivity contribution in [3.05, 3.63) is 35.4 Å². The molecule has 1 aromatic rings. The maximum Gasteiger partial charge on any atom is 0.335 e. The van der Waals surface area contributed by atoms with Crippen molar-refractivity contribution in [2.45, 2.75) is 37.6 Å². The van der Waals surface area contributed by atoms with Gasteiger partial charge in [-0.2, -0.15) is 0 Å². The number of hydrogen-bond acceptors (Lipinski definition) is 2. The van der Waals surface area contributed by atoms with E-state index in [4.69, 9.17) is 10.8 Å². The zero-order chi connectivity index (χ0) is 11.5. The Kier molecular flexibility index (Phi) is 3.25. The van der Waals surface area contributed by atoms with Crippen LogP contribution in [0.4, 0.5) is 0 Å². The van der Waals surface area contributed by atoms with Gasteiger partial charge in [0, 0.05) is 6.04 Å². The highest BCUT2D eigenvalue weighted by Crippen LogP contribution is 2.32. The van der Waals surface area contributed by atoms with Gasteiger partial charge in [-0.15, -0.1) is 0 Å². The van der Waals surface area contributed by atoms with Crippen molar-refractivity contribution >= 4 is 5.97 Å². The molecular formula is C13H17NO2. The third kappa shape index (κ3) is 2.42. The Morgan fingerprint density at radius 2 is 2.19 bits per heavy atom. The van der Waals surface area contributed by atoms with Crippen LogP contribution in [0.2, 0.25) is 0 Å². The average Bonchev–Trinajstić information content (AvgIpc) is 2.29. The zero-order valence-electron chi connectivity index (χ0n) is 9.23. The van der Waals surface area contributed by atoms with Crippen LogP contribution >= 0.6 is 0 Å². The van der Waals surface area contributed by atoms with Gasteiger partial charge in [-0.25, -0.2) is 4.79 Å². The van der Waals surface area contributed by atoms with Crippen LogP contribution in [0.15, 0.2) is 24.3 Å². The van der Waals surface area contributed by atoms with Crippen LogP contribution in [0.5, 0.6) is 0 Å². The Balaban J connectivity index is 2.19. The Labute approximate surface area is 95.3 Å². The lowest BCUT2D eigenvalue weighted by Gasteiger charge is -2.27. The Hall–Kier alpha value is -1.35. The molecule has 2 rings (SSSR count). The van der Waals surface area contributed by atoms with Crippen LogP contribution in [0.1, 0.15) is 47.5 Å². The molecule has 1 aliphatic rings. The van der Waals surface area contributed by atoms with E-state index < -0.39 is 5.97 Å². The van der Waals surface area contributed by atoms with Gasteiger partial charge in [0.25, 0.3) is 0 Å². The zero-order valence-corrected chi connectivity index (χ0v) is 9.23. The van der Waals surface area contributed by atoms with E-state index in [0.717, 1.165) is 31.2 Å². The molecule has 1 saturated carbocycles. The van der Waals surface area contributed by atoms with Crippen molar-refractivity contribution < 1.29 is 9.90 Å². The molecule has 0 heterocycles. The molecule has 0 amide bonds. The molecule has 0 radical (unpaired) electrons. The molecule has 3 N–H and O–H groups in total. The third-order valence-corrected chi connectivity index (χ3v) is 3.32. The summed E-state index contributed by atoms with van der Waals surface area (Å²) in [7, 11) is 0. The lowest BCUT2D eigenvalue weighted by Crippen LogP contribution is -2.26. The number of carbonyl (C=O) groups is 1. The van der Waals surface area contributed by atoms with Crippen molar-refractivity contribution in [2.24, 2.45) is 5.73 Å². The molecule has 1 aliphatic carbocycles. The molecule has 2 atom stereocenters. The lowest BCUT2D eigenvalue weighted by atomic mass is 9.81. The summed E-state index contributed by atoms with van der Waals surface area (Å²) in [5.41, 5.74) is 7.44. The molecule has 16 heavy (non-hydrogen) atoms. The lowest BCUT2D eigenvalue weighted by molar-refractivity contribution is 0.0696. The highest BCUT2D eigenvalue weighted by Gasteiger charge is 2.21. The van der Waals surface area contributed by atoms with E-state index in [1.165, 1.54) is 0 Å². The Morgan fingerprint density at radius 3 is 2.88 bits per heavy atom. The maximum absolute atomic E-state index is 10.9. The molecule has 0 saturated heterocycles. The quantitative estimate of drug-likeness (QED) is 0.802. The van der Waals surface area contributed by atoms with Crippen LogP contribution < -0.4 is 5.73 Å². The summed E-state index contributed by atoms with van der Waals surface area (Å²) >= 11 is 0. The van der Waals surface area contributed by atoms with E-state index in [-0.39, 0.29) is 6.04 Å². The second kappa shape index (κ2) is 4.66. The highest BCUT2D eigenvalue weighted by molar-refractivity contribution is 5.87. The minimum atomic E-state index is -0.859. The first kappa shape index (κ1) is 11.1. The maximum atomic E-state index is 10.9. The first-order chi connectivity index (χ1) is 7.66. The Bertz CT molecular complexity index is 389. The standard InChI is InChI=1S/C13H17NO2/c14-12-6-2-4-10(8-12)9-3-1-5-11(7-9)13(15)16/h1,3,5,7,10,12H,2,4,6,8,14H2,(H,15,16). The summed E-state index contributed by atoms with van der Waals surface area (Å²) in [5, 5.41) is 8.93. The van der Waals surface area contributed by atoms with E-state index >= 15 is 0 Å². The molecule has 2 unspecified atom stereocenters. The molecule has 0 bridgehead atoms. The summed E-state index contributed by atoms with van der Waals surface area (Å²) in [5.74, 6) is -0.426. The van der Waals surface area contributed by atoms with Crippen LogP contribution in [-0.4, -0.2) is 17.1 Å². The summed E-state index contributed by atoms with van der Waals surface area (Å²) in [6.07, 6.45) is 4.33. The summed E-state index contributed by atoms with van der Waals surface area (Å²) in [6.45, 7) is 0. The fraction of sp³-hybridized carbons (Fsp3) is 0.462. The average molecular weight is 219 g/mol. The molecule has 3 nitrogen and oxygen atoms in total. The molecular weight excluding hydrogens is 202 g/mol. The van der Waals surface area contributed by atoms with E-state index in [1.807, 2.05) is 12.1 Å². The molecule has 0 spiro atoms. The van der Waals surface area contributed by atoms with Crippen molar-refractivity contribution in [3.63, 3.8) is 0 Å². The Morgan fingerprint density at radius 1 is 1.38 bits per heavy atom. The molecule has 1 fully saturated rings. The summed E-state index contributed by atoms with van der Waals surface area (Å²) in [6, 6.07) is 7.51. The molecule has 0 aromatic heterocycles. The predicted octanol–water partition coefficient (Wildman–Crippen LogP) is 2.37. The summed E-state index contributed by atoms with van der Waals surface area (Å²) in [4.78, 5) is 10.9. The molecule has 1 aromatic carbocycles. The third-order valence-electron chi connectivity index (χ3n) is 3.32. The molecule has 0 aliphatic heterocycles. The minimum absolute atomic E-state index is 0.271. The predicted molar refractivity (Wildman–Crippen MR) is 62.6 cm³/mol. The van der Waals surface area contributed by atoms with Gasteiger partial charge < -0.3 is 10.8 Å². The second-order valence-electron chi connectivity index (χ2n) is 4.55. The SMILES string of the molecule is NC1CCCC(c2cccc(C(=O)O)c2)C1. The van der Waals surface area contributed by atoms with Gasteiger partial charge in [-0.3, -0.25) is 0 Å². The van der Waals surface area contributed by atoms with E-state index in [0.29, 0.717) is 11.5 Å². The van der Waals surface area contributed by atoms with Gasteiger partial charge in [-0.05, 0) is 42.9 Å². The first-order valence-corrected chi connectivity index (χ1v) is 5.75. The number of rotatable bonds is 2. The van der Waals surface area contributed by atoms with Gasteiger partial charge in [0.05, 0.1) is 5.56 Å². The topological polar surface area (TPSA) is 63.3 Å². The van der Waals surface area contributed by atoms with Crippen molar-refractivity contribution in [3.8, 4) is 0 Å². The number of carboxylic acid groups (broad SMARTS) is 1. The van der Waals surface area contributed by atoms with Gasteiger partial charge >= 0.3 is 5.97 Å². The number of nitrogens with two attached hydrogens (primary N) is 1. The number of aromatic carboxylic acids is 1. The normalized spacial score (nSPS) is 25.3. The smallest absolute Gasteiger partial charge is 0.335 e. The summed E-state index contributed by atoms with van der Waals surface area (Å²) < 4.78 is 0. The van der Waals surface area contributed by atoms with Crippen molar-refractivity contribution in [2.75, 3.05) is 0 Å². The monoisotopic (exact) mass is 219 g/mol. The van der Waals surface area contributed by atoms with Gasteiger partial charge in [0.2, 0.25) is 0 Å². The van der Waals surface area contributed by atoms with Crippen LogP contribution in [-0.2, 0) is 0 Å². The number of carboxylic acids is 1. The molecule has 86 valence electrons. The van der Waals surface area contributed by atoms with E-state index in [1.54, 1.807) is 12.1 Å². The minimum Gasteiger partial charge on any atom is -0.478 e. The van der Waals surface area contributed by atoms with Crippen LogP contribution in [0.25, 0.3) is 0 Å². The van der Waals surface area contributed by atoms with Gasteiger partial charge in [-0.1, -0.05) is 18.6 Å². The second-order valence-corrected chi connectivity index (χ2v) is 4.55. The fourth-order valence-electron chi connectivity index (χ4n) is 2.46. The van der Waals surface area contributed by atoms with Gasteiger partial charge in [0.15, 0.2) is 0 Å². The van der Waals surface area contributed by atoms with E-state index in [2.05, 4.69) is 0 Å². The van der Waals surface area contributed by atoms with E-state index in [9.17, 15) is 4.79 Å². The van der Waals surface area contributed by atoms with Crippen molar-refractivity contribution in [1.82, 2.24) is 0 Å². The number of hydrogen-bond donors (Lipinski definition) is 2. The highest BCUT2D eigenvalue weighted by atomic mass is 16.4. The van der Waals surface area contributed by atoms with Crippen LogP contribution in [0, 0.1) is 0 Å². The fourth-order valence-corrected chi connectivity index (χ4v) is 2.46. The van der Waals surface area contributed by atoms with Crippen LogP contribution in [0.3, 0.4) is 0 Å². The van der Waals surface area contributed by atoms with Crippen molar-refractivity contribution in [1.29, 1.82) is 0 Å².